The molecular formula is C12H20O4. The van der Waals surface area contributed by atoms with Gasteiger partial charge in [-0.3, -0.25) is 4.79 Å². The molecule has 0 unspecified atom stereocenters. The Balaban J connectivity index is 2.16. The van der Waals surface area contributed by atoms with Crippen LogP contribution in [0.15, 0.2) is 12.2 Å². The number of rotatable bonds is 5. The Morgan fingerprint density at radius 3 is 2.88 bits per heavy atom. The van der Waals surface area contributed by atoms with Crippen molar-refractivity contribution in [3.05, 3.63) is 12.2 Å². The van der Waals surface area contributed by atoms with Crippen LogP contribution in [0.4, 0.5) is 0 Å². The van der Waals surface area contributed by atoms with Gasteiger partial charge in [0.2, 0.25) is 0 Å². The second-order valence-corrected chi connectivity index (χ2v) is 4.14. The van der Waals surface area contributed by atoms with Crippen molar-refractivity contribution in [3.8, 4) is 0 Å². The Labute approximate surface area is 96.6 Å². The summed E-state index contributed by atoms with van der Waals surface area (Å²) in [5.41, 5.74) is 0. The van der Waals surface area contributed by atoms with Crippen LogP contribution in [-0.4, -0.2) is 31.1 Å². The molecule has 0 bridgehead atoms. The summed E-state index contributed by atoms with van der Waals surface area (Å²) in [4.78, 5) is 11.0. The molecule has 92 valence electrons. The lowest BCUT2D eigenvalue weighted by Crippen LogP contribution is -2.20. The molecule has 0 aromatic rings. The molecule has 4 heteroatoms. The van der Waals surface area contributed by atoms with E-state index < -0.39 is 5.79 Å². The van der Waals surface area contributed by atoms with E-state index >= 15 is 0 Å². The van der Waals surface area contributed by atoms with E-state index in [1.807, 2.05) is 26.0 Å². The summed E-state index contributed by atoms with van der Waals surface area (Å²) in [6.45, 7) is 6.59. The van der Waals surface area contributed by atoms with E-state index in [2.05, 4.69) is 0 Å². The number of allylic oxidation sites excluding steroid dienone is 1. The van der Waals surface area contributed by atoms with E-state index in [9.17, 15) is 4.79 Å². The minimum absolute atomic E-state index is 0.00260. The minimum atomic E-state index is -0.490. The topological polar surface area (TPSA) is 44.8 Å². The molecule has 0 amide bonds. The van der Waals surface area contributed by atoms with Gasteiger partial charge in [-0.25, -0.2) is 0 Å². The van der Waals surface area contributed by atoms with E-state index in [0.717, 1.165) is 0 Å². The van der Waals surface area contributed by atoms with Gasteiger partial charge in [0.15, 0.2) is 5.79 Å². The van der Waals surface area contributed by atoms with Crippen molar-refractivity contribution in [2.24, 2.45) is 0 Å². The van der Waals surface area contributed by atoms with E-state index in [-0.39, 0.29) is 12.1 Å². The maximum absolute atomic E-state index is 11.0. The lowest BCUT2D eigenvalue weighted by atomic mass is 10.2. The Morgan fingerprint density at radius 2 is 2.31 bits per heavy atom. The zero-order chi connectivity index (χ0) is 12.0. The largest absolute Gasteiger partial charge is 0.466 e. The first-order valence-corrected chi connectivity index (χ1v) is 5.67. The number of carbonyl (C=O) groups is 1. The molecule has 0 aromatic heterocycles. The summed E-state index contributed by atoms with van der Waals surface area (Å²) in [6.07, 6.45) is 4.97. The van der Waals surface area contributed by atoms with Crippen LogP contribution in [0.3, 0.4) is 0 Å². The molecule has 1 heterocycles. The molecule has 0 saturated carbocycles. The number of hydrogen-bond acceptors (Lipinski definition) is 4. The highest BCUT2D eigenvalue weighted by Gasteiger charge is 2.30. The third-order valence-corrected chi connectivity index (χ3v) is 2.20. The van der Waals surface area contributed by atoms with Crippen LogP contribution in [-0.2, 0) is 19.0 Å². The SMILES string of the molecule is CCOC(=O)CC/C=C\[C@H]1COC(C)(C)O1. The lowest BCUT2D eigenvalue weighted by molar-refractivity contribution is -0.143. The van der Waals surface area contributed by atoms with Crippen LogP contribution in [0, 0.1) is 0 Å². The first-order valence-electron chi connectivity index (χ1n) is 5.67. The fraction of sp³-hybridized carbons (Fsp3) is 0.750. The molecule has 0 spiro atoms. The molecule has 16 heavy (non-hydrogen) atoms. The van der Waals surface area contributed by atoms with Gasteiger partial charge < -0.3 is 14.2 Å². The van der Waals surface area contributed by atoms with Gasteiger partial charge in [-0.1, -0.05) is 12.2 Å². The highest BCUT2D eigenvalue weighted by atomic mass is 16.7. The summed E-state index contributed by atoms with van der Waals surface area (Å²) in [5, 5.41) is 0. The highest BCUT2D eigenvalue weighted by Crippen LogP contribution is 2.22. The third kappa shape index (κ3) is 4.77. The van der Waals surface area contributed by atoms with Crippen molar-refractivity contribution < 1.29 is 19.0 Å². The Bertz CT molecular complexity index is 258. The second kappa shape index (κ2) is 6.01. The van der Waals surface area contributed by atoms with Gasteiger partial charge in [0.25, 0.3) is 0 Å². The molecule has 0 aliphatic carbocycles. The standard InChI is InChI=1S/C12H20O4/c1-4-14-11(13)8-6-5-7-10-9-15-12(2,3)16-10/h5,7,10H,4,6,8-9H2,1-3H3/b7-5-/t10-/m0/s1. The Morgan fingerprint density at radius 1 is 1.56 bits per heavy atom. The van der Waals surface area contributed by atoms with E-state index in [4.69, 9.17) is 14.2 Å². The Hall–Kier alpha value is -0.870. The summed E-state index contributed by atoms with van der Waals surface area (Å²) in [7, 11) is 0. The smallest absolute Gasteiger partial charge is 0.306 e. The fourth-order valence-electron chi connectivity index (χ4n) is 1.49. The minimum Gasteiger partial charge on any atom is -0.466 e. The highest BCUT2D eigenvalue weighted by molar-refractivity contribution is 5.69. The molecule has 0 N–H and O–H groups in total. The maximum atomic E-state index is 11.0. The lowest BCUT2D eigenvalue weighted by Gasteiger charge is -2.15. The van der Waals surface area contributed by atoms with Gasteiger partial charge in [0.05, 0.1) is 13.2 Å². The zero-order valence-electron chi connectivity index (χ0n) is 10.2. The molecular weight excluding hydrogens is 208 g/mol. The number of esters is 1. The monoisotopic (exact) mass is 228 g/mol. The summed E-state index contributed by atoms with van der Waals surface area (Å²) < 4.78 is 15.8. The molecule has 1 aliphatic heterocycles. The summed E-state index contributed by atoms with van der Waals surface area (Å²) in [6, 6.07) is 0. The van der Waals surface area contributed by atoms with Crippen molar-refractivity contribution in [1.29, 1.82) is 0 Å². The van der Waals surface area contributed by atoms with Gasteiger partial charge in [0, 0.05) is 6.42 Å². The van der Waals surface area contributed by atoms with E-state index in [1.165, 1.54) is 0 Å². The molecule has 1 saturated heterocycles. The van der Waals surface area contributed by atoms with Crippen molar-refractivity contribution in [2.45, 2.75) is 45.5 Å². The van der Waals surface area contributed by atoms with E-state index in [1.54, 1.807) is 6.92 Å². The number of ether oxygens (including phenoxy) is 3. The summed E-state index contributed by atoms with van der Waals surface area (Å²) >= 11 is 0. The molecule has 4 nitrogen and oxygen atoms in total. The molecule has 0 radical (unpaired) electrons. The van der Waals surface area contributed by atoms with Crippen LogP contribution in [0.2, 0.25) is 0 Å². The third-order valence-electron chi connectivity index (χ3n) is 2.20. The average Bonchev–Trinajstić information content (AvgIpc) is 2.54. The maximum Gasteiger partial charge on any atom is 0.306 e. The molecule has 1 fully saturated rings. The molecule has 1 rings (SSSR count). The zero-order valence-corrected chi connectivity index (χ0v) is 10.2. The van der Waals surface area contributed by atoms with Crippen LogP contribution < -0.4 is 0 Å². The van der Waals surface area contributed by atoms with E-state index in [0.29, 0.717) is 26.1 Å². The first-order chi connectivity index (χ1) is 7.53. The fourth-order valence-corrected chi connectivity index (χ4v) is 1.49. The molecule has 1 aliphatic rings. The van der Waals surface area contributed by atoms with Crippen molar-refractivity contribution in [1.82, 2.24) is 0 Å². The number of carbonyl (C=O) groups excluding carboxylic acids is 1. The predicted octanol–water partition coefficient (Wildman–Crippen LogP) is 2.04. The molecule has 0 aromatic carbocycles. The van der Waals surface area contributed by atoms with Gasteiger partial charge >= 0.3 is 5.97 Å². The molecule has 1 atom stereocenters. The van der Waals surface area contributed by atoms with Gasteiger partial charge in [-0.05, 0) is 27.2 Å². The predicted molar refractivity (Wildman–Crippen MR) is 59.9 cm³/mol. The van der Waals surface area contributed by atoms with Gasteiger partial charge in [-0.15, -0.1) is 0 Å². The summed E-state index contributed by atoms with van der Waals surface area (Å²) in [5.74, 6) is -0.646. The van der Waals surface area contributed by atoms with Crippen LogP contribution >= 0.6 is 0 Å². The van der Waals surface area contributed by atoms with Crippen LogP contribution in [0.1, 0.15) is 33.6 Å². The number of hydrogen-bond donors (Lipinski definition) is 0. The Kier molecular flexibility index (Phi) is 4.96. The van der Waals surface area contributed by atoms with Gasteiger partial charge in [-0.2, -0.15) is 0 Å². The van der Waals surface area contributed by atoms with Crippen molar-refractivity contribution >= 4 is 5.97 Å². The normalized spacial score (nSPS) is 23.8. The second-order valence-electron chi connectivity index (χ2n) is 4.14. The van der Waals surface area contributed by atoms with Gasteiger partial charge in [0.1, 0.15) is 6.10 Å². The average molecular weight is 228 g/mol. The van der Waals surface area contributed by atoms with Crippen molar-refractivity contribution in [2.75, 3.05) is 13.2 Å². The first kappa shape index (κ1) is 13.2. The van der Waals surface area contributed by atoms with Crippen LogP contribution in [0.25, 0.3) is 0 Å². The quantitative estimate of drug-likeness (QED) is 0.533. The van der Waals surface area contributed by atoms with Crippen LogP contribution in [0.5, 0.6) is 0 Å². The van der Waals surface area contributed by atoms with Crippen molar-refractivity contribution in [3.63, 3.8) is 0 Å².